The van der Waals surface area contributed by atoms with E-state index in [0.29, 0.717) is 23.0 Å². The molecule has 2 amide bonds. The fraction of sp³-hybridized carbons (Fsp3) is 0.160. The van der Waals surface area contributed by atoms with Gasteiger partial charge >= 0.3 is 6.03 Å². The number of hydrogen-bond donors (Lipinski definition) is 2. The zero-order chi connectivity index (χ0) is 21.8. The van der Waals surface area contributed by atoms with E-state index in [1.807, 2.05) is 54.6 Å². The molecule has 0 fully saturated rings. The maximum absolute atomic E-state index is 12.6. The van der Waals surface area contributed by atoms with Crippen molar-refractivity contribution in [1.29, 1.82) is 0 Å². The van der Waals surface area contributed by atoms with Crippen molar-refractivity contribution in [2.45, 2.75) is 26.2 Å². The SMILES string of the molecule is CC(C)(C)c1ccccc1Oc1ncccc1NC(=O)Nc1cnc2ccccc2c1. The number of pyridine rings is 2. The lowest BCUT2D eigenvalue weighted by Gasteiger charge is -2.22. The van der Waals surface area contributed by atoms with Gasteiger partial charge in [-0.05, 0) is 35.7 Å². The summed E-state index contributed by atoms with van der Waals surface area (Å²) < 4.78 is 6.11. The molecule has 0 spiro atoms. The van der Waals surface area contributed by atoms with E-state index in [2.05, 4.69) is 41.4 Å². The van der Waals surface area contributed by atoms with Gasteiger partial charge in [-0.1, -0.05) is 57.2 Å². The van der Waals surface area contributed by atoms with Gasteiger partial charge in [0.05, 0.1) is 17.4 Å². The second-order valence-corrected chi connectivity index (χ2v) is 8.20. The van der Waals surface area contributed by atoms with Gasteiger partial charge in [0.2, 0.25) is 5.88 Å². The number of aromatic nitrogens is 2. The molecule has 0 saturated heterocycles. The summed E-state index contributed by atoms with van der Waals surface area (Å²) in [5.41, 5.74) is 2.89. The zero-order valence-corrected chi connectivity index (χ0v) is 17.7. The normalized spacial score (nSPS) is 11.2. The summed E-state index contributed by atoms with van der Waals surface area (Å²) >= 11 is 0. The number of hydrogen-bond acceptors (Lipinski definition) is 4. The van der Waals surface area contributed by atoms with Crippen molar-refractivity contribution in [3.8, 4) is 11.6 Å². The van der Waals surface area contributed by atoms with Gasteiger partial charge in [-0.25, -0.2) is 9.78 Å². The first-order chi connectivity index (χ1) is 14.9. The van der Waals surface area contributed by atoms with Gasteiger partial charge in [0.15, 0.2) is 0 Å². The van der Waals surface area contributed by atoms with Gasteiger partial charge in [0.25, 0.3) is 0 Å². The molecule has 6 heteroatoms. The van der Waals surface area contributed by atoms with Crippen molar-refractivity contribution in [2.75, 3.05) is 10.6 Å². The molecule has 0 aliphatic heterocycles. The molecular formula is C25H24N4O2. The van der Waals surface area contributed by atoms with E-state index in [1.54, 1.807) is 24.5 Å². The van der Waals surface area contributed by atoms with Crippen LogP contribution in [0.5, 0.6) is 11.6 Å². The number of nitrogens with zero attached hydrogens (tertiary/aromatic N) is 2. The molecule has 2 N–H and O–H groups in total. The first-order valence-electron chi connectivity index (χ1n) is 10.1. The van der Waals surface area contributed by atoms with Gasteiger partial charge in [0, 0.05) is 17.1 Å². The van der Waals surface area contributed by atoms with Crippen LogP contribution < -0.4 is 15.4 Å². The van der Waals surface area contributed by atoms with Crippen molar-refractivity contribution in [3.63, 3.8) is 0 Å². The molecule has 31 heavy (non-hydrogen) atoms. The maximum Gasteiger partial charge on any atom is 0.323 e. The van der Waals surface area contributed by atoms with Crippen molar-refractivity contribution in [3.05, 3.63) is 84.7 Å². The highest BCUT2D eigenvalue weighted by molar-refractivity contribution is 6.01. The highest BCUT2D eigenvalue weighted by atomic mass is 16.5. The molecule has 0 saturated carbocycles. The third-order valence-electron chi connectivity index (χ3n) is 4.77. The number of urea groups is 1. The Bertz CT molecular complexity index is 1230. The van der Waals surface area contributed by atoms with Gasteiger partial charge < -0.3 is 15.4 Å². The Hall–Kier alpha value is -3.93. The fourth-order valence-electron chi connectivity index (χ4n) is 3.27. The van der Waals surface area contributed by atoms with E-state index >= 15 is 0 Å². The smallest absolute Gasteiger partial charge is 0.323 e. The topological polar surface area (TPSA) is 76.1 Å². The Morgan fingerprint density at radius 3 is 2.52 bits per heavy atom. The Morgan fingerprint density at radius 2 is 1.68 bits per heavy atom. The minimum atomic E-state index is -0.404. The van der Waals surface area contributed by atoms with E-state index in [1.165, 1.54) is 0 Å². The Balaban J connectivity index is 1.53. The summed E-state index contributed by atoms with van der Waals surface area (Å²) in [4.78, 5) is 21.3. The largest absolute Gasteiger partial charge is 0.437 e. The minimum absolute atomic E-state index is 0.0978. The van der Waals surface area contributed by atoms with E-state index in [0.717, 1.165) is 16.5 Å². The Labute approximate surface area is 181 Å². The van der Waals surface area contributed by atoms with Gasteiger partial charge in [-0.2, -0.15) is 0 Å². The third-order valence-corrected chi connectivity index (χ3v) is 4.77. The van der Waals surface area contributed by atoms with Crippen LogP contribution in [0, 0.1) is 0 Å². The first kappa shape index (κ1) is 20.3. The Morgan fingerprint density at radius 1 is 0.903 bits per heavy atom. The van der Waals surface area contributed by atoms with Crippen LogP contribution in [0.4, 0.5) is 16.2 Å². The summed E-state index contributed by atoms with van der Waals surface area (Å²) in [6.45, 7) is 6.37. The average Bonchev–Trinajstić information content (AvgIpc) is 2.74. The van der Waals surface area contributed by atoms with Crippen LogP contribution in [-0.2, 0) is 5.41 Å². The number of amides is 2. The molecule has 156 valence electrons. The van der Waals surface area contributed by atoms with Crippen molar-refractivity contribution in [2.24, 2.45) is 0 Å². The van der Waals surface area contributed by atoms with Crippen LogP contribution in [0.3, 0.4) is 0 Å². The number of nitrogens with one attached hydrogen (secondary N) is 2. The highest BCUT2D eigenvalue weighted by Gasteiger charge is 2.20. The fourth-order valence-corrected chi connectivity index (χ4v) is 3.27. The van der Waals surface area contributed by atoms with Crippen molar-refractivity contribution >= 4 is 28.3 Å². The lowest BCUT2D eigenvalue weighted by Crippen LogP contribution is -2.20. The van der Waals surface area contributed by atoms with Crippen LogP contribution in [0.15, 0.2) is 79.1 Å². The van der Waals surface area contributed by atoms with Crippen LogP contribution in [-0.4, -0.2) is 16.0 Å². The van der Waals surface area contributed by atoms with Crippen LogP contribution in [0.25, 0.3) is 10.9 Å². The number of benzene rings is 2. The molecule has 0 bridgehead atoms. The predicted octanol–water partition coefficient (Wildman–Crippen LogP) is 6.36. The molecule has 0 atom stereocenters. The average molecular weight is 412 g/mol. The second kappa shape index (κ2) is 8.44. The molecular weight excluding hydrogens is 388 g/mol. The van der Waals surface area contributed by atoms with E-state index in [9.17, 15) is 4.79 Å². The number of carbonyl (C=O) groups excluding carboxylic acids is 1. The first-order valence-corrected chi connectivity index (χ1v) is 10.1. The molecule has 0 unspecified atom stereocenters. The van der Waals surface area contributed by atoms with Crippen LogP contribution >= 0.6 is 0 Å². The van der Waals surface area contributed by atoms with Crippen LogP contribution in [0.2, 0.25) is 0 Å². The molecule has 0 aliphatic rings. The molecule has 2 heterocycles. The number of para-hydroxylation sites is 2. The minimum Gasteiger partial charge on any atom is -0.437 e. The number of fused-ring (bicyclic) bond motifs is 1. The quantitative estimate of drug-likeness (QED) is 0.409. The molecule has 0 aliphatic carbocycles. The molecule has 2 aromatic heterocycles. The highest BCUT2D eigenvalue weighted by Crippen LogP contribution is 2.35. The summed E-state index contributed by atoms with van der Waals surface area (Å²) in [5, 5.41) is 6.58. The third kappa shape index (κ3) is 4.80. The predicted molar refractivity (Wildman–Crippen MR) is 124 cm³/mol. The Kier molecular flexibility index (Phi) is 5.54. The maximum atomic E-state index is 12.6. The number of anilines is 2. The molecule has 6 nitrogen and oxygen atoms in total. The second-order valence-electron chi connectivity index (χ2n) is 8.20. The van der Waals surface area contributed by atoms with Crippen molar-refractivity contribution < 1.29 is 9.53 Å². The van der Waals surface area contributed by atoms with Crippen LogP contribution in [0.1, 0.15) is 26.3 Å². The number of rotatable bonds is 4. The summed E-state index contributed by atoms with van der Waals surface area (Å²) in [5.74, 6) is 1.03. The van der Waals surface area contributed by atoms with E-state index < -0.39 is 6.03 Å². The summed E-state index contributed by atoms with van der Waals surface area (Å²) in [7, 11) is 0. The summed E-state index contributed by atoms with van der Waals surface area (Å²) in [6.07, 6.45) is 3.26. The number of ether oxygens (including phenoxy) is 1. The lowest BCUT2D eigenvalue weighted by atomic mass is 9.86. The standard InChI is InChI=1S/C25H24N4O2/c1-25(2,3)19-10-5-7-13-22(19)31-23-21(12-8-14-26-23)29-24(30)28-18-15-17-9-4-6-11-20(17)27-16-18/h4-16H,1-3H3,(H2,28,29,30). The summed E-state index contributed by atoms with van der Waals surface area (Å²) in [6, 6.07) is 20.5. The molecule has 2 aromatic carbocycles. The van der Waals surface area contributed by atoms with Gasteiger partial charge in [0.1, 0.15) is 11.4 Å². The van der Waals surface area contributed by atoms with E-state index in [4.69, 9.17) is 4.74 Å². The monoisotopic (exact) mass is 412 g/mol. The molecule has 0 radical (unpaired) electrons. The molecule has 4 rings (SSSR count). The number of carbonyl (C=O) groups is 1. The van der Waals surface area contributed by atoms with E-state index in [-0.39, 0.29) is 5.41 Å². The van der Waals surface area contributed by atoms with Gasteiger partial charge in [-0.3, -0.25) is 4.98 Å². The lowest BCUT2D eigenvalue weighted by molar-refractivity contribution is 0.262. The van der Waals surface area contributed by atoms with Crippen molar-refractivity contribution in [1.82, 2.24) is 9.97 Å². The van der Waals surface area contributed by atoms with Gasteiger partial charge in [-0.15, -0.1) is 0 Å². The molecule has 4 aromatic rings. The zero-order valence-electron chi connectivity index (χ0n) is 17.7.